The summed E-state index contributed by atoms with van der Waals surface area (Å²) in [6.07, 6.45) is 0. The second-order valence-corrected chi connectivity index (χ2v) is 10.1. The molecule has 3 heterocycles. The van der Waals surface area contributed by atoms with Crippen molar-refractivity contribution in [3.8, 4) is 11.3 Å². The number of carbonyl (C=O) groups excluding carboxylic acids is 1. The number of aromatic nitrogens is 3. The summed E-state index contributed by atoms with van der Waals surface area (Å²) in [5.74, 6) is -0.0352. The molecule has 0 aliphatic carbocycles. The number of anilines is 1. The predicted octanol–water partition coefficient (Wildman–Crippen LogP) is 5.31. The number of fused-ring (bicyclic) bond motifs is 1. The SMILES string of the molecule is CC(C)(C)c1cc2nc(-c3ccccc3)cc(C(=O)N3CCN(c4ccccc4Cl)CC3)n2n1. The molecule has 0 bridgehead atoms. The minimum Gasteiger partial charge on any atom is -0.367 e. The largest absolute Gasteiger partial charge is 0.367 e. The smallest absolute Gasteiger partial charge is 0.272 e. The van der Waals surface area contributed by atoms with Gasteiger partial charge in [-0.25, -0.2) is 9.50 Å². The Kier molecular flexibility index (Phi) is 5.78. The molecule has 1 fully saturated rings. The van der Waals surface area contributed by atoms with Gasteiger partial charge in [0.25, 0.3) is 5.91 Å². The molecule has 0 atom stereocenters. The van der Waals surface area contributed by atoms with Crippen molar-refractivity contribution in [3.05, 3.63) is 83.1 Å². The summed E-state index contributed by atoms with van der Waals surface area (Å²) < 4.78 is 1.70. The molecule has 6 nitrogen and oxygen atoms in total. The molecule has 2 aromatic heterocycles. The summed E-state index contributed by atoms with van der Waals surface area (Å²) in [4.78, 5) is 22.7. The van der Waals surface area contributed by atoms with Crippen LogP contribution in [0, 0.1) is 0 Å². The van der Waals surface area contributed by atoms with Gasteiger partial charge >= 0.3 is 0 Å². The molecule has 1 saturated heterocycles. The Balaban J connectivity index is 1.49. The molecule has 4 aromatic rings. The minimum absolute atomic E-state index is 0.0352. The van der Waals surface area contributed by atoms with Crippen LogP contribution >= 0.6 is 11.6 Å². The molecule has 0 saturated carbocycles. The molecule has 0 spiro atoms. The zero-order valence-corrected chi connectivity index (χ0v) is 20.5. The third-order valence-corrected chi connectivity index (χ3v) is 6.56. The van der Waals surface area contributed by atoms with E-state index in [2.05, 4.69) is 25.7 Å². The highest BCUT2D eigenvalue weighted by Gasteiger charge is 2.27. The van der Waals surface area contributed by atoms with Crippen LogP contribution in [0.3, 0.4) is 0 Å². The fraction of sp³-hybridized carbons (Fsp3) is 0.296. The Morgan fingerprint density at radius 3 is 2.26 bits per heavy atom. The fourth-order valence-corrected chi connectivity index (χ4v) is 4.53. The van der Waals surface area contributed by atoms with Gasteiger partial charge in [0, 0.05) is 43.2 Å². The first-order chi connectivity index (χ1) is 16.3. The Morgan fingerprint density at radius 2 is 1.59 bits per heavy atom. The molecule has 5 rings (SSSR count). The third-order valence-electron chi connectivity index (χ3n) is 6.24. The van der Waals surface area contributed by atoms with Crippen molar-refractivity contribution in [3.63, 3.8) is 0 Å². The topological polar surface area (TPSA) is 53.7 Å². The van der Waals surface area contributed by atoms with Crippen LogP contribution in [-0.4, -0.2) is 51.6 Å². The van der Waals surface area contributed by atoms with E-state index in [1.807, 2.05) is 71.6 Å². The molecule has 174 valence electrons. The first kappa shape index (κ1) is 22.4. The van der Waals surface area contributed by atoms with E-state index in [-0.39, 0.29) is 11.3 Å². The van der Waals surface area contributed by atoms with Crippen LogP contribution in [0.5, 0.6) is 0 Å². The minimum atomic E-state index is -0.151. The van der Waals surface area contributed by atoms with E-state index < -0.39 is 0 Å². The zero-order valence-electron chi connectivity index (χ0n) is 19.7. The first-order valence-electron chi connectivity index (χ1n) is 11.6. The quantitative estimate of drug-likeness (QED) is 0.404. The van der Waals surface area contributed by atoms with Gasteiger partial charge < -0.3 is 9.80 Å². The summed E-state index contributed by atoms with van der Waals surface area (Å²) in [6, 6.07) is 21.6. The predicted molar refractivity (Wildman–Crippen MR) is 137 cm³/mol. The van der Waals surface area contributed by atoms with Crippen molar-refractivity contribution >= 4 is 28.8 Å². The number of amides is 1. The van der Waals surface area contributed by atoms with Crippen LogP contribution in [0.4, 0.5) is 5.69 Å². The van der Waals surface area contributed by atoms with Crippen LogP contribution in [0.2, 0.25) is 5.02 Å². The zero-order chi connectivity index (χ0) is 23.9. The van der Waals surface area contributed by atoms with Crippen molar-refractivity contribution in [1.82, 2.24) is 19.5 Å². The van der Waals surface area contributed by atoms with Gasteiger partial charge in [-0.15, -0.1) is 0 Å². The highest BCUT2D eigenvalue weighted by molar-refractivity contribution is 6.33. The van der Waals surface area contributed by atoms with E-state index in [4.69, 9.17) is 21.7 Å². The van der Waals surface area contributed by atoms with E-state index in [0.717, 1.165) is 40.8 Å². The number of hydrogen-bond donors (Lipinski definition) is 0. The highest BCUT2D eigenvalue weighted by Crippen LogP contribution is 2.28. The maximum atomic E-state index is 13.8. The van der Waals surface area contributed by atoms with Crippen LogP contribution in [0.25, 0.3) is 16.9 Å². The normalized spacial score (nSPS) is 14.6. The lowest BCUT2D eigenvalue weighted by Crippen LogP contribution is -2.49. The Morgan fingerprint density at radius 1 is 0.912 bits per heavy atom. The van der Waals surface area contributed by atoms with Crippen LogP contribution in [-0.2, 0) is 5.41 Å². The molecule has 1 amide bonds. The number of hydrogen-bond acceptors (Lipinski definition) is 4. The van der Waals surface area contributed by atoms with E-state index in [0.29, 0.717) is 24.4 Å². The summed E-state index contributed by atoms with van der Waals surface area (Å²) in [6.45, 7) is 9.01. The summed E-state index contributed by atoms with van der Waals surface area (Å²) >= 11 is 6.39. The van der Waals surface area contributed by atoms with Gasteiger partial charge in [0.15, 0.2) is 5.65 Å². The van der Waals surface area contributed by atoms with Gasteiger partial charge in [0.05, 0.1) is 22.1 Å². The van der Waals surface area contributed by atoms with Crippen LogP contribution < -0.4 is 4.90 Å². The molecule has 0 unspecified atom stereocenters. The number of para-hydroxylation sites is 1. The molecular formula is C27H28ClN5O. The van der Waals surface area contributed by atoms with Gasteiger partial charge in [-0.2, -0.15) is 5.10 Å². The van der Waals surface area contributed by atoms with Gasteiger partial charge in [-0.1, -0.05) is 74.8 Å². The average molecular weight is 474 g/mol. The lowest BCUT2D eigenvalue weighted by molar-refractivity contribution is 0.0737. The maximum Gasteiger partial charge on any atom is 0.272 e. The highest BCUT2D eigenvalue weighted by atomic mass is 35.5. The van der Waals surface area contributed by atoms with Crippen LogP contribution in [0.1, 0.15) is 37.0 Å². The number of rotatable bonds is 3. The van der Waals surface area contributed by atoms with Gasteiger partial charge in [0.2, 0.25) is 0 Å². The monoisotopic (exact) mass is 473 g/mol. The first-order valence-corrected chi connectivity index (χ1v) is 11.9. The van der Waals surface area contributed by atoms with Gasteiger partial charge in [-0.3, -0.25) is 4.79 Å². The second-order valence-electron chi connectivity index (χ2n) is 9.67. The fourth-order valence-electron chi connectivity index (χ4n) is 4.27. The lowest BCUT2D eigenvalue weighted by atomic mass is 9.93. The van der Waals surface area contributed by atoms with Crippen molar-refractivity contribution in [2.75, 3.05) is 31.1 Å². The number of piperazine rings is 1. The van der Waals surface area contributed by atoms with Crippen molar-refractivity contribution in [2.45, 2.75) is 26.2 Å². The van der Waals surface area contributed by atoms with Gasteiger partial charge in [0.1, 0.15) is 5.69 Å². The lowest BCUT2D eigenvalue weighted by Gasteiger charge is -2.36. The van der Waals surface area contributed by atoms with Crippen LogP contribution in [0.15, 0.2) is 66.7 Å². The second kappa shape index (κ2) is 8.76. The summed E-state index contributed by atoms with van der Waals surface area (Å²) in [7, 11) is 0. The molecule has 0 radical (unpaired) electrons. The van der Waals surface area contributed by atoms with E-state index in [1.165, 1.54) is 0 Å². The van der Waals surface area contributed by atoms with Crippen molar-refractivity contribution in [2.24, 2.45) is 0 Å². The average Bonchev–Trinajstić information content (AvgIpc) is 3.29. The van der Waals surface area contributed by atoms with E-state index in [9.17, 15) is 4.79 Å². The van der Waals surface area contributed by atoms with E-state index >= 15 is 0 Å². The number of nitrogens with zero attached hydrogens (tertiary/aromatic N) is 5. The molecule has 7 heteroatoms. The molecule has 1 aliphatic heterocycles. The summed E-state index contributed by atoms with van der Waals surface area (Å²) in [5.41, 5.74) is 4.72. The molecule has 0 N–H and O–H groups in total. The standard InChI is InChI=1S/C27H28ClN5O/c1-27(2,3)24-18-25-29-21(19-9-5-4-6-10-19)17-23(33(25)30-24)26(34)32-15-13-31(14-16-32)22-12-8-7-11-20(22)28/h4-12,17-18H,13-16H2,1-3H3. The molecular weight excluding hydrogens is 446 g/mol. The number of carbonyl (C=O) groups is 1. The maximum absolute atomic E-state index is 13.8. The molecule has 34 heavy (non-hydrogen) atoms. The summed E-state index contributed by atoms with van der Waals surface area (Å²) in [5, 5.41) is 5.52. The van der Waals surface area contributed by atoms with Crippen molar-refractivity contribution in [1.29, 1.82) is 0 Å². The van der Waals surface area contributed by atoms with Gasteiger partial charge in [-0.05, 0) is 18.2 Å². The Labute approximate surface area is 204 Å². The third kappa shape index (κ3) is 4.26. The number of halogens is 1. The van der Waals surface area contributed by atoms with Crippen molar-refractivity contribution < 1.29 is 4.79 Å². The number of benzene rings is 2. The van der Waals surface area contributed by atoms with E-state index in [1.54, 1.807) is 4.52 Å². The Hall–Kier alpha value is -3.38. The molecule has 2 aromatic carbocycles. The molecule has 1 aliphatic rings. The Bertz CT molecular complexity index is 1330.